The van der Waals surface area contributed by atoms with Crippen LogP contribution in [0.5, 0.6) is 0 Å². The van der Waals surface area contributed by atoms with Crippen molar-refractivity contribution in [2.75, 3.05) is 5.32 Å². The van der Waals surface area contributed by atoms with Gasteiger partial charge in [0, 0.05) is 0 Å². The van der Waals surface area contributed by atoms with Crippen molar-refractivity contribution in [2.24, 2.45) is 0 Å². The lowest BCUT2D eigenvalue weighted by atomic mass is 10.2. The first-order valence-electron chi connectivity index (χ1n) is 5.06. The number of hydrogen-bond donors (Lipinski definition) is 1. The van der Waals surface area contributed by atoms with Gasteiger partial charge in [-0.3, -0.25) is 4.79 Å². The van der Waals surface area contributed by atoms with Gasteiger partial charge in [0.25, 0.3) is 5.91 Å². The monoisotopic (exact) mass is 302 g/mol. The van der Waals surface area contributed by atoms with Crippen LogP contribution in [0.15, 0.2) is 30.3 Å². The van der Waals surface area contributed by atoms with Crippen molar-refractivity contribution in [3.05, 3.63) is 57.8 Å². The van der Waals surface area contributed by atoms with E-state index in [0.717, 1.165) is 12.1 Å². The number of pyridine rings is 1. The Hall–Kier alpha value is -1.72. The fourth-order valence-corrected chi connectivity index (χ4v) is 1.76. The molecule has 0 spiro atoms. The van der Waals surface area contributed by atoms with Crippen LogP contribution in [0.25, 0.3) is 0 Å². The van der Waals surface area contributed by atoms with Crippen LogP contribution in [0.2, 0.25) is 10.0 Å². The highest BCUT2D eigenvalue weighted by Crippen LogP contribution is 2.26. The van der Waals surface area contributed by atoms with E-state index in [0.29, 0.717) is 0 Å². The summed E-state index contributed by atoms with van der Waals surface area (Å²) in [4.78, 5) is 14.8. The molecule has 98 valence electrons. The first-order chi connectivity index (χ1) is 8.99. The van der Waals surface area contributed by atoms with Crippen molar-refractivity contribution in [3.8, 4) is 0 Å². The highest BCUT2D eigenvalue weighted by Gasteiger charge is 2.15. The number of amides is 1. The topological polar surface area (TPSA) is 42.0 Å². The van der Waals surface area contributed by atoms with Crippen molar-refractivity contribution < 1.29 is 13.6 Å². The average molecular weight is 303 g/mol. The Balaban J connectivity index is 2.28. The van der Waals surface area contributed by atoms with Gasteiger partial charge < -0.3 is 5.32 Å². The first kappa shape index (κ1) is 13.7. The molecule has 0 unspecified atom stereocenters. The minimum atomic E-state index is -1.12. The van der Waals surface area contributed by atoms with Crippen LogP contribution in [-0.2, 0) is 0 Å². The molecule has 2 aromatic rings. The van der Waals surface area contributed by atoms with E-state index in [1.54, 1.807) is 0 Å². The van der Waals surface area contributed by atoms with E-state index in [1.165, 1.54) is 18.2 Å². The Labute approximate surface area is 117 Å². The van der Waals surface area contributed by atoms with E-state index in [9.17, 15) is 13.6 Å². The van der Waals surface area contributed by atoms with Crippen LogP contribution in [0.4, 0.5) is 14.5 Å². The number of anilines is 1. The van der Waals surface area contributed by atoms with Gasteiger partial charge in [-0.2, -0.15) is 13.8 Å². The molecule has 0 aliphatic rings. The normalized spacial score (nSPS) is 10.3. The molecular formula is C12H6Cl2F2N2O. The highest BCUT2D eigenvalue weighted by atomic mass is 35.5. The molecule has 1 aromatic heterocycles. The maximum Gasteiger partial charge on any atom is 0.257 e. The van der Waals surface area contributed by atoms with Crippen LogP contribution in [-0.4, -0.2) is 10.9 Å². The van der Waals surface area contributed by atoms with Crippen LogP contribution in [0, 0.1) is 11.9 Å². The SMILES string of the molecule is O=C(Nc1ccc(F)nc1F)c1cccc(Cl)c1Cl. The van der Waals surface area contributed by atoms with Gasteiger partial charge in [-0.25, -0.2) is 0 Å². The number of aromatic nitrogens is 1. The van der Waals surface area contributed by atoms with E-state index < -0.39 is 17.8 Å². The summed E-state index contributed by atoms with van der Waals surface area (Å²) < 4.78 is 25.9. The number of carbonyl (C=O) groups is 1. The van der Waals surface area contributed by atoms with Gasteiger partial charge in [-0.05, 0) is 24.3 Å². The summed E-state index contributed by atoms with van der Waals surface area (Å²) in [5.41, 5.74) is -0.166. The first-order valence-corrected chi connectivity index (χ1v) is 5.82. The smallest absolute Gasteiger partial charge is 0.257 e. The van der Waals surface area contributed by atoms with E-state index in [2.05, 4.69) is 10.3 Å². The lowest BCUT2D eigenvalue weighted by Crippen LogP contribution is -2.14. The second kappa shape index (κ2) is 5.50. The van der Waals surface area contributed by atoms with Crippen molar-refractivity contribution in [1.29, 1.82) is 0 Å². The fourth-order valence-electron chi connectivity index (χ4n) is 1.37. The quantitative estimate of drug-likeness (QED) is 0.854. The number of benzene rings is 1. The Morgan fingerprint density at radius 1 is 1.16 bits per heavy atom. The predicted molar refractivity (Wildman–Crippen MR) is 68.6 cm³/mol. The molecule has 0 saturated carbocycles. The Morgan fingerprint density at radius 2 is 1.89 bits per heavy atom. The molecule has 0 aliphatic carbocycles. The third-order valence-corrected chi connectivity index (χ3v) is 3.08. The largest absolute Gasteiger partial charge is 0.318 e. The summed E-state index contributed by atoms with van der Waals surface area (Å²) in [7, 11) is 0. The lowest BCUT2D eigenvalue weighted by Gasteiger charge is -2.07. The maximum absolute atomic E-state index is 13.3. The van der Waals surface area contributed by atoms with Crippen LogP contribution in [0.3, 0.4) is 0 Å². The number of rotatable bonds is 2. The van der Waals surface area contributed by atoms with Gasteiger partial charge in [0.15, 0.2) is 0 Å². The second-order valence-electron chi connectivity index (χ2n) is 3.53. The van der Waals surface area contributed by atoms with Gasteiger partial charge >= 0.3 is 0 Å². The highest BCUT2D eigenvalue weighted by molar-refractivity contribution is 6.44. The number of nitrogens with one attached hydrogen (secondary N) is 1. The summed E-state index contributed by atoms with van der Waals surface area (Å²) >= 11 is 11.6. The minimum absolute atomic E-state index is 0.0529. The molecule has 1 heterocycles. The molecule has 1 N–H and O–H groups in total. The molecular weight excluding hydrogens is 297 g/mol. The van der Waals surface area contributed by atoms with Crippen LogP contribution < -0.4 is 5.32 Å². The van der Waals surface area contributed by atoms with Crippen LogP contribution in [0.1, 0.15) is 10.4 Å². The average Bonchev–Trinajstić information content (AvgIpc) is 2.36. The third kappa shape index (κ3) is 3.00. The molecule has 3 nitrogen and oxygen atoms in total. The number of carbonyl (C=O) groups excluding carboxylic acids is 1. The Morgan fingerprint density at radius 3 is 2.58 bits per heavy atom. The number of nitrogens with zero attached hydrogens (tertiary/aromatic N) is 1. The second-order valence-corrected chi connectivity index (χ2v) is 4.31. The zero-order chi connectivity index (χ0) is 14.0. The van der Waals surface area contributed by atoms with E-state index in [4.69, 9.17) is 23.2 Å². The minimum Gasteiger partial charge on any atom is -0.318 e. The number of halogens is 4. The zero-order valence-electron chi connectivity index (χ0n) is 9.25. The van der Waals surface area contributed by atoms with Gasteiger partial charge in [0.2, 0.25) is 11.9 Å². The van der Waals surface area contributed by atoms with Crippen molar-refractivity contribution in [1.82, 2.24) is 4.98 Å². The van der Waals surface area contributed by atoms with Crippen LogP contribution >= 0.6 is 23.2 Å². The summed E-state index contributed by atoms with van der Waals surface area (Å²) in [6.45, 7) is 0. The lowest BCUT2D eigenvalue weighted by molar-refractivity contribution is 0.102. The molecule has 0 fully saturated rings. The number of hydrogen-bond acceptors (Lipinski definition) is 2. The molecule has 0 radical (unpaired) electrons. The molecule has 1 aromatic carbocycles. The third-order valence-electron chi connectivity index (χ3n) is 2.26. The van der Waals surface area contributed by atoms with E-state index >= 15 is 0 Å². The molecule has 19 heavy (non-hydrogen) atoms. The molecule has 1 amide bonds. The summed E-state index contributed by atoms with van der Waals surface area (Å²) in [6, 6.07) is 6.47. The summed E-state index contributed by atoms with van der Waals surface area (Å²) in [6.07, 6.45) is 0. The molecule has 7 heteroatoms. The van der Waals surface area contributed by atoms with Gasteiger partial charge in [0.1, 0.15) is 0 Å². The Bertz CT molecular complexity index is 650. The molecule has 0 bridgehead atoms. The maximum atomic E-state index is 13.3. The summed E-state index contributed by atoms with van der Waals surface area (Å²) in [5.74, 6) is -2.76. The zero-order valence-corrected chi connectivity index (χ0v) is 10.8. The molecule has 0 aliphatic heterocycles. The Kier molecular flexibility index (Phi) is 3.97. The van der Waals surface area contributed by atoms with E-state index in [-0.39, 0.29) is 21.3 Å². The molecule has 0 saturated heterocycles. The van der Waals surface area contributed by atoms with Crippen molar-refractivity contribution in [3.63, 3.8) is 0 Å². The molecule has 2 rings (SSSR count). The fraction of sp³-hybridized carbons (Fsp3) is 0. The van der Waals surface area contributed by atoms with Crippen molar-refractivity contribution >= 4 is 34.8 Å². The molecule has 0 atom stereocenters. The van der Waals surface area contributed by atoms with E-state index in [1.807, 2.05) is 0 Å². The van der Waals surface area contributed by atoms with Gasteiger partial charge in [-0.1, -0.05) is 29.3 Å². The van der Waals surface area contributed by atoms with Gasteiger partial charge in [-0.15, -0.1) is 0 Å². The van der Waals surface area contributed by atoms with Gasteiger partial charge in [0.05, 0.1) is 21.3 Å². The summed E-state index contributed by atoms with van der Waals surface area (Å²) in [5, 5.41) is 2.49. The predicted octanol–water partition coefficient (Wildman–Crippen LogP) is 3.92. The van der Waals surface area contributed by atoms with Crippen molar-refractivity contribution in [2.45, 2.75) is 0 Å². The standard InChI is InChI=1S/C12H6Cl2F2N2O/c13-7-3-1-2-6(10(7)14)12(19)17-8-4-5-9(15)18-11(8)16/h1-5H,(H,17,19).